The summed E-state index contributed by atoms with van der Waals surface area (Å²) in [4.78, 5) is 10.4. The first-order valence-electron chi connectivity index (χ1n) is 6.91. The Labute approximate surface area is 140 Å². The van der Waals surface area contributed by atoms with E-state index in [1.54, 1.807) is 0 Å². The van der Waals surface area contributed by atoms with Gasteiger partial charge in [-0.25, -0.2) is 4.39 Å². The number of ether oxygens (including phenoxy) is 1. The van der Waals surface area contributed by atoms with E-state index in [4.69, 9.17) is 22.1 Å². The van der Waals surface area contributed by atoms with Crippen LogP contribution in [0.25, 0.3) is 10.9 Å². The molecule has 0 saturated carbocycles. The molecule has 1 unspecified atom stereocenters. The fraction of sp³-hybridized carbons (Fsp3) is 0.429. The highest BCUT2D eigenvalue weighted by Crippen LogP contribution is 2.34. The number of fused-ring (bicyclic) bond motifs is 1. The van der Waals surface area contributed by atoms with E-state index in [9.17, 15) is 4.39 Å². The first kappa shape index (κ1) is 15.7. The molecule has 8 heteroatoms. The summed E-state index contributed by atoms with van der Waals surface area (Å²) in [6.07, 6.45) is 2.21. The first-order chi connectivity index (χ1) is 10.5. The van der Waals surface area contributed by atoms with Crippen molar-refractivity contribution in [2.75, 3.05) is 25.9 Å². The van der Waals surface area contributed by atoms with Gasteiger partial charge < -0.3 is 15.4 Å². The summed E-state index contributed by atoms with van der Waals surface area (Å²) >= 11 is 9.03. The second-order valence-electron chi connectivity index (χ2n) is 5.36. The maximum atomic E-state index is 14.3. The molecule has 1 aromatic carbocycles. The van der Waals surface area contributed by atoms with Crippen LogP contribution >= 0.6 is 27.5 Å². The Morgan fingerprint density at radius 2 is 2.32 bits per heavy atom. The van der Waals surface area contributed by atoms with Crippen molar-refractivity contribution < 1.29 is 9.13 Å². The summed E-state index contributed by atoms with van der Waals surface area (Å²) < 4.78 is 20.1. The second kappa shape index (κ2) is 6.14. The number of likely N-dealkylation sites (tertiary alicyclic amines) is 1. The van der Waals surface area contributed by atoms with Crippen LogP contribution in [0.1, 0.15) is 12.8 Å². The van der Waals surface area contributed by atoms with Crippen molar-refractivity contribution in [3.63, 3.8) is 0 Å². The maximum absolute atomic E-state index is 14.3. The number of hydrogen-bond donors (Lipinski definition) is 1. The van der Waals surface area contributed by atoms with E-state index in [0.717, 1.165) is 19.4 Å². The van der Waals surface area contributed by atoms with Crippen LogP contribution in [0.5, 0.6) is 6.01 Å². The Morgan fingerprint density at radius 1 is 1.55 bits per heavy atom. The van der Waals surface area contributed by atoms with Gasteiger partial charge in [0.25, 0.3) is 0 Å². The summed E-state index contributed by atoms with van der Waals surface area (Å²) in [5, 5.41) is 0.595. The molecule has 0 aliphatic carbocycles. The molecule has 1 aromatic heterocycles. The second-order valence-corrected chi connectivity index (χ2v) is 6.56. The van der Waals surface area contributed by atoms with Gasteiger partial charge in [0.1, 0.15) is 17.9 Å². The minimum Gasteiger partial charge on any atom is -0.462 e. The first-order valence-corrected chi connectivity index (χ1v) is 8.08. The van der Waals surface area contributed by atoms with Gasteiger partial charge in [-0.1, -0.05) is 11.6 Å². The minimum absolute atomic E-state index is 0.0819. The van der Waals surface area contributed by atoms with Crippen molar-refractivity contribution in [3.8, 4) is 6.01 Å². The number of halogens is 3. The summed E-state index contributed by atoms with van der Waals surface area (Å²) in [7, 11) is 2.05. The van der Waals surface area contributed by atoms with Crippen molar-refractivity contribution in [2.24, 2.45) is 0 Å². The Morgan fingerprint density at radius 3 is 3.00 bits per heavy atom. The zero-order valence-corrected chi connectivity index (χ0v) is 14.3. The van der Waals surface area contributed by atoms with Gasteiger partial charge in [0.05, 0.1) is 9.50 Å². The van der Waals surface area contributed by atoms with Gasteiger partial charge in [-0.05, 0) is 48.4 Å². The van der Waals surface area contributed by atoms with Crippen molar-refractivity contribution in [2.45, 2.75) is 18.9 Å². The van der Waals surface area contributed by atoms with Gasteiger partial charge >= 0.3 is 6.01 Å². The molecule has 5 nitrogen and oxygen atoms in total. The highest BCUT2D eigenvalue weighted by atomic mass is 79.9. The zero-order chi connectivity index (χ0) is 15.9. The van der Waals surface area contributed by atoms with Gasteiger partial charge in [0, 0.05) is 11.4 Å². The molecule has 0 radical (unpaired) electrons. The SMILES string of the molecule is CN1CCCC1COc1nc(N)c2cc(Cl)c(Br)c(F)c2n1. The van der Waals surface area contributed by atoms with E-state index in [2.05, 4.69) is 37.8 Å². The number of nitrogens with two attached hydrogens (primary N) is 1. The molecular formula is C14H15BrClFN4O. The topological polar surface area (TPSA) is 64.3 Å². The molecule has 3 rings (SSSR count). The third kappa shape index (κ3) is 2.85. The van der Waals surface area contributed by atoms with Crippen LogP contribution in [0, 0.1) is 5.82 Å². The van der Waals surface area contributed by atoms with Crippen LogP contribution in [0.2, 0.25) is 5.02 Å². The number of nitrogens with zero attached hydrogens (tertiary/aromatic N) is 3. The Kier molecular flexibility index (Phi) is 4.38. The number of likely N-dealkylation sites (N-methyl/N-ethyl adjacent to an activating group) is 1. The fourth-order valence-corrected chi connectivity index (χ4v) is 3.09. The number of benzene rings is 1. The smallest absolute Gasteiger partial charge is 0.319 e. The van der Waals surface area contributed by atoms with Crippen LogP contribution in [0.4, 0.5) is 10.2 Å². The van der Waals surface area contributed by atoms with E-state index in [1.165, 1.54) is 6.07 Å². The predicted octanol–water partition coefficient (Wildman–Crippen LogP) is 3.24. The Bertz CT molecular complexity index is 730. The highest BCUT2D eigenvalue weighted by molar-refractivity contribution is 9.10. The van der Waals surface area contributed by atoms with Crippen molar-refractivity contribution in [1.82, 2.24) is 14.9 Å². The average molecular weight is 390 g/mol. The summed E-state index contributed by atoms with van der Waals surface area (Å²) in [5.41, 5.74) is 5.97. The van der Waals surface area contributed by atoms with Gasteiger partial charge in [0.15, 0.2) is 5.82 Å². The minimum atomic E-state index is -0.570. The fourth-order valence-electron chi connectivity index (χ4n) is 2.60. The molecule has 1 fully saturated rings. The quantitative estimate of drug-likeness (QED) is 0.817. The number of nitrogen functional groups attached to an aromatic ring is 1. The van der Waals surface area contributed by atoms with E-state index >= 15 is 0 Å². The molecule has 1 aliphatic heterocycles. The third-order valence-corrected chi connectivity index (χ3v) is 5.21. The summed E-state index contributed by atoms with van der Waals surface area (Å²) in [5.74, 6) is -0.424. The largest absolute Gasteiger partial charge is 0.462 e. The van der Waals surface area contributed by atoms with E-state index < -0.39 is 5.82 Å². The standard InChI is InChI=1S/C14H15BrClFN4O/c1-21-4-2-3-7(21)6-22-14-19-12-8(13(18)20-14)5-9(16)10(15)11(12)17/h5,7H,2-4,6H2,1H3,(H2,18,19,20). The van der Waals surface area contributed by atoms with Gasteiger partial charge in [-0.15, -0.1) is 0 Å². The maximum Gasteiger partial charge on any atom is 0.319 e. The third-order valence-electron chi connectivity index (χ3n) is 3.91. The summed E-state index contributed by atoms with van der Waals surface area (Å²) in [6.45, 7) is 1.51. The number of rotatable bonds is 3. The van der Waals surface area contributed by atoms with Gasteiger partial charge in [-0.3, -0.25) is 0 Å². The molecule has 1 saturated heterocycles. The normalized spacial score (nSPS) is 19.0. The molecule has 22 heavy (non-hydrogen) atoms. The lowest BCUT2D eigenvalue weighted by molar-refractivity contribution is 0.188. The molecule has 1 aliphatic rings. The molecule has 2 heterocycles. The number of aromatic nitrogens is 2. The van der Waals surface area contributed by atoms with Crippen molar-refractivity contribution in [1.29, 1.82) is 0 Å². The van der Waals surface area contributed by atoms with Crippen LogP contribution in [-0.4, -0.2) is 41.1 Å². The molecule has 1 atom stereocenters. The van der Waals surface area contributed by atoms with Crippen molar-refractivity contribution in [3.05, 3.63) is 21.4 Å². The van der Waals surface area contributed by atoms with Crippen LogP contribution in [-0.2, 0) is 0 Å². The highest BCUT2D eigenvalue weighted by Gasteiger charge is 2.22. The van der Waals surface area contributed by atoms with Crippen LogP contribution in [0.15, 0.2) is 10.5 Å². The lowest BCUT2D eigenvalue weighted by Gasteiger charge is -2.19. The molecule has 0 amide bonds. The van der Waals surface area contributed by atoms with Crippen molar-refractivity contribution >= 4 is 44.3 Å². The Balaban J connectivity index is 1.91. The lowest BCUT2D eigenvalue weighted by Crippen LogP contribution is -2.30. The molecule has 0 spiro atoms. The van der Waals surface area contributed by atoms with Crippen LogP contribution in [0.3, 0.4) is 0 Å². The van der Waals surface area contributed by atoms with Gasteiger partial charge in [0.2, 0.25) is 0 Å². The molecule has 118 valence electrons. The van der Waals surface area contributed by atoms with Crippen LogP contribution < -0.4 is 10.5 Å². The molecule has 0 bridgehead atoms. The number of hydrogen-bond acceptors (Lipinski definition) is 5. The van der Waals surface area contributed by atoms with E-state index in [-0.39, 0.29) is 26.8 Å². The van der Waals surface area contributed by atoms with E-state index in [0.29, 0.717) is 18.0 Å². The predicted molar refractivity (Wildman–Crippen MR) is 87.8 cm³/mol. The molecule has 2 N–H and O–H groups in total. The number of anilines is 1. The molecule has 2 aromatic rings. The summed E-state index contributed by atoms with van der Waals surface area (Å²) in [6, 6.07) is 1.94. The average Bonchev–Trinajstić information content (AvgIpc) is 2.89. The monoisotopic (exact) mass is 388 g/mol. The zero-order valence-electron chi connectivity index (χ0n) is 11.9. The van der Waals surface area contributed by atoms with Gasteiger partial charge in [-0.2, -0.15) is 9.97 Å². The Hall–Kier alpha value is -1.18. The van der Waals surface area contributed by atoms with E-state index in [1.807, 2.05) is 0 Å². The molecular weight excluding hydrogens is 375 g/mol. The lowest BCUT2D eigenvalue weighted by atomic mass is 10.2.